The van der Waals surface area contributed by atoms with E-state index in [1.54, 1.807) is 0 Å². The highest BCUT2D eigenvalue weighted by Crippen LogP contribution is 2.42. The molecule has 1 fully saturated rings. The molecule has 0 N–H and O–H groups in total. The van der Waals surface area contributed by atoms with Gasteiger partial charge in [0.25, 0.3) is 0 Å². The summed E-state index contributed by atoms with van der Waals surface area (Å²) in [5, 5.41) is 0. The topological polar surface area (TPSA) is 46.2 Å². The van der Waals surface area contributed by atoms with Gasteiger partial charge in [0.2, 0.25) is 0 Å². The first-order valence-corrected chi connectivity index (χ1v) is 18.4. The molecule has 1 saturated heterocycles. The van der Waals surface area contributed by atoms with Gasteiger partial charge in [-0.3, -0.25) is 0 Å². The van der Waals surface area contributed by atoms with Gasteiger partial charge in [0.1, 0.15) is 11.5 Å². The summed E-state index contributed by atoms with van der Waals surface area (Å²) in [6.07, 6.45) is 0. The first kappa shape index (κ1) is 24.4. The molecule has 2 aromatic carbocycles. The van der Waals surface area contributed by atoms with Crippen LogP contribution in [0.15, 0.2) is 24.3 Å². The minimum absolute atomic E-state index is 0.535. The van der Waals surface area contributed by atoms with Gasteiger partial charge in [-0.1, -0.05) is 79.7 Å². The summed E-state index contributed by atoms with van der Waals surface area (Å²) < 4.78 is 29.7. The Morgan fingerprint density at radius 3 is 1.17 bits per heavy atom. The molecule has 1 heterocycles. The summed E-state index contributed by atoms with van der Waals surface area (Å²) in [7, 11) is -11.8. The van der Waals surface area contributed by atoms with Crippen LogP contribution < -0.4 is 8.85 Å². The lowest BCUT2D eigenvalue weighted by molar-refractivity contribution is 0.115. The quantitative estimate of drug-likeness (QED) is 0.333. The molecule has 0 spiro atoms. The molecular weight excluding hydrogens is 522 g/mol. The molecule has 0 radical (unpaired) electrons. The molecule has 2 aromatic rings. The highest BCUT2D eigenvalue weighted by molar-refractivity contribution is 7.49. The van der Waals surface area contributed by atoms with Crippen LogP contribution in [0.5, 0.6) is 11.5 Å². The summed E-state index contributed by atoms with van der Waals surface area (Å²) in [5.74, 6) is 1.07. The van der Waals surface area contributed by atoms with Crippen LogP contribution in [0, 0.1) is 41.5 Å². The van der Waals surface area contributed by atoms with Crippen molar-refractivity contribution in [3.8, 4) is 11.5 Å². The molecule has 30 heavy (non-hydrogen) atoms. The van der Waals surface area contributed by atoms with Crippen molar-refractivity contribution in [1.82, 2.24) is 0 Å². The van der Waals surface area contributed by atoms with E-state index in [9.17, 15) is 0 Å². The Labute approximate surface area is 198 Å². The number of hydrogen-bond acceptors (Lipinski definition) is 5. The normalized spacial score (nSPS) is 19.4. The molecule has 0 amide bonds. The monoisotopic (exact) mass is 542 g/mol. The van der Waals surface area contributed by atoms with E-state index in [-0.39, 0.29) is 0 Å². The van der Waals surface area contributed by atoms with Crippen LogP contribution in [0.4, 0.5) is 0 Å². The van der Waals surface area contributed by atoms with E-state index in [0.29, 0.717) is 11.5 Å². The van der Waals surface area contributed by atoms with Crippen LogP contribution in [-0.2, 0) is 12.3 Å². The van der Waals surface area contributed by atoms with Crippen LogP contribution in [-0.4, -0.2) is 23.4 Å². The van der Waals surface area contributed by atoms with E-state index in [4.69, 9.17) is 65.5 Å². The zero-order valence-corrected chi connectivity index (χ0v) is 23.4. The maximum absolute atomic E-state index is 6.30. The van der Waals surface area contributed by atoms with Gasteiger partial charge in [0.15, 0.2) is 0 Å². The second-order valence-corrected chi connectivity index (χ2v) is 20.2. The minimum Gasteiger partial charge on any atom is -0.471 e. The lowest BCUT2D eigenvalue weighted by Gasteiger charge is -2.40. The Kier molecular flexibility index (Phi) is 6.97. The first-order chi connectivity index (χ1) is 13.7. The molecule has 164 valence electrons. The Morgan fingerprint density at radius 2 is 0.867 bits per heavy atom. The number of aryl methyl sites for hydroxylation is 6. The van der Waals surface area contributed by atoms with Gasteiger partial charge in [-0.05, 0) is 63.8 Å². The Balaban J connectivity index is 2.13. The third kappa shape index (κ3) is 5.55. The zero-order chi connectivity index (χ0) is 22.5. The fourth-order valence-electron chi connectivity index (χ4n) is 3.50. The maximum Gasteiger partial charge on any atom is 0.805 e. The summed E-state index contributed by atoms with van der Waals surface area (Å²) >= 11 is 25.2. The van der Waals surface area contributed by atoms with E-state index in [1.165, 1.54) is 0 Å². The summed E-state index contributed by atoms with van der Waals surface area (Å²) in [6.45, 7) is 11.7. The predicted octanol–water partition coefficient (Wildman–Crippen LogP) is 6.32. The van der Waals surface area contributed by atoms with Crippen LogP contribution in [0.1, 0.15) is 33.4 Å². The summed E-state index contributed by atoms with van der Waals surface area (Å²) in [6, 6.07) is 7.91. The average Bonchev–Trinajstić information content (AvgIpc) is 2.51. The Hall–Kier alpha value is -0.269. The van der Waals surface area contributed by atoms with Gasteiger partial charge in [-0.2, -0.15) is 0 Å². The summed E-state index contributed by atoms with van der Waals surface area (Å²) in [4.78, 5) is 0. The third-order valence-corrected chi connectivity index (χ3v) is 16.7. The second-order valence-electron chi connectivity index (χ2n) is 7.39. The Bertz CT molecular complexity index is 863. The maximum atomic E-state index is 6.30. The Morgan fingerprint density at radius 1 is 0.567 bits per heavy atom. The van der Waals surface area contributed by atoms with E-state index in [2.05, 4.69) is 0 Å². The molecule has 0 aliphatic carbocycles. The van der Waals surface area contributed by atoms with Crippen molar-refractivity contribution in [2.45, 2.75) is 41.5 Å². The van der Waals surface area contributed by atoms with Crippen molar-refractivity contribution in [2.75, 3.05) is 0 Å². The largest absolute Gasteiger partial charge is 0.805 e. The van der Waals surface area contributed by atoms with Gasteiger partial charge in [-0.25, -0.2) is 0 Å². The molecule has 0 atom stereocenters. The number of hydrogen-bond donors (Lipinski definition) is 0. The highest BCUT2D eigenvalue weighted by Gasteiger charge is 2.71. The van der Waals surface area contributed by atoms with Crippen molar-refractivity contribution >= 4 is 67.7 Å². The lowest BCUT2D eigenvalue weighted by atomic mass is 10.1. The van der Waals surface area contributed by atoms with Gasteiger partial charge < -0.3 is 21.2 Å². The zero-order valence-electron chi connectivity index (χ0n) is 17.4. The lowest BCUT2D eigenvalue weighted by Crippen LogP contribution is -2.69. The third-order valence-electron chi connectivity index (χ3n) is 4.39. The summed E-state index contributed by atoms with van der Waals surface area (Å²) in [5.41, 5.74) is 5.65. The van der Waals surface area contributed by atoms with E-state index in [1.807, 2.05) is 65.8 Å². The minimum atomic E-state index is -4.12. The van der Waals surface area contributed by atoms with Crippen molar-refractivity contribution < 1.29 is 21.2 Å². The van der Waals surface area contributed by atoms with Gasteiger partial charge in [0.05, 0.1) is 0 Å². The molecule has 5 nitrogen and oxygen atoms in total. The van der Waals surface area contributed by atoms with Crippen molar-refractivity contribution in [3.05, 3.63) is 57.6 Å². The molecule has 0 aromatic heterocycles. The number of benzene rings is 2. The molecule has 0 bridgehead atoms. The predicted molar refractivity (Wildman–Crippen MR) is 126 cm³/mol. The van der Waals surface area contributed by atoms with Gasteiger partial charge >= 0.3 is 23.4 Å². The number of halogens is 4. The van der Waals surface area contributed by atoms with Crippen LogP contribution >= 0.6 is 44.3 Å². The van der Waals surface area contributed by atoms with E-state index in [0.717, 1.165) is 33.4 Å². The van der Waals surface area contributed by atoms with Gasteiger partial charge in [-0.15, -0.1) is 0 Å². The van der Waals surface area contributed by atoms with Crippen molar-refractivity contribution in [1.29, 1.82) is 0 Å². The molecule has 0 saturated carbocycles. The fourth-order valence-corrected chi connectivity index (χ4v) is 19.1. The smallest absolute Gasteiger partial charge is 0.471 e. The van der Waals surface area contributed by atoms with E-state index >= 15 is 0 Å². The molecule has 12 heteroatoms. The van der Waals surface area contributed by atoms with Crippen LogP contribution in [0.3, 0.4) is 0 Å². The van der Waals surface area contributed by atoms with Crippen LogP contribution in [0.25, 0.3) is 0 Å². The van der Waals surface area contributed by atoms with Gasteiger partial charge in [0, 0.05) is 0 Å². The first-order valence-electron chi connectivity index (χ1n) is 9.11. The van der Waals surface area contributed by atoms with Crippen LogP contribution in [0.2, 0.25) is 0 Å². The number of rotatable bonds is 4. The SMILES string of the molecule is Cc1cc(C)c(O[Si]2(Oc3c(C)cc(C)cc3C)O[Si](Cl)(Cl)O[Si](Cl)(Cl)O2)c(C)c1. The standard InChI is InChI=1S/C18H22Cl4O5Si3/c1-11-7-13(3)17(14(4)8-11)23-30(26-28(19,20)25-29(21,22)27-30)24-18-15(5)9-12(2)10-16(18)6/h7-10H,1-6H3. The molecule has 1 aliphatic rings. The highest BCUT2D eigenvalue weighted by atomic mass is 35.7. The van der Waals surface area contributed by atoms with Crippen molar-refractivity contribution in [2.24, 2.45) is 0 Å². The molecule has 3 rings (SSSR count). The van der Waals surface area contributed by atoms with E-state index < -0.39 is 23.4 Å². The fraction of sp³-hybridized carbons (Fsp3) is 0.333. The molecule has 0 unspecified atom stereocenters. The average molecular weight is 544 g/mol. The molecular formula is C18H22Cl4O5Si3. The molecule has 1 aliphatic heterocycles. The second kappa shape index (κ2) is 8.58. The van der Waals surface area contributed by atoms with Crippen molar-refractivity contribution in [3.63, 3.8) is 0 Å².